The lowest BCUT2D eigenvalue weighted by atomic mass is 10.1. The lowest BCUT2D eigenvalue weighted by Gasteiger charge is -1.97. The van der Waals surface area contributed by atoms with Gasteiger partial charge in [-0.1, -0.05) is 11.6 Å². The predicted octanol–water partition coefficient (Wildman–Crippen LogP) is 1.96. The lowest BCUT2D eigenvalue weighted by Crippen LogP contribution is -1.85. The Hall–Kier alpha value is -1.35. The zero-order valence-corrected chi connectivity index (χ0v) is 7.51. The molecular formula is C9H7ClN2O. The van der Waals surface area contributed by atoms with Gasteiger partial charge in [0, 0.05) is 11.8 Å². The van der Waals surface area contributed by atoms with Crippen LogP contribution in [0.2, 0.25) is 5.02 Å². The molecule has 0 aliphatic heterocycles. The van der Waals surface area contributed by atoms with Crippen LogP contribution in [-0.2, 0) is 11.2 Å². The molecule has 0 aliphatic rings. The summed E-state index contributed by atoms with van der Waals surface area (Å²) in [5.74, 6) is 0. The fourth-order valence-corrected chi connectivity index (χ4v) is 1.58. The SMILES string of the molecule is O=CCc1cc(Cl)c2[nH]ncc2c1. The molecule has 1 heterocycles. The third-order valence-electron chi connectivity index (χ3n) is 1.88. The van der Waals surface area contributed by atoms with E-state index >= 15 is 0 Å². The number of carbonyl (C=O) groups excluding carboxylic acids is 1. The van der Waals surface area contributed by atoms with Crippen molar-refractivity contribution in [3.63, 3.8) is 0 Å². The highest BCUT2D eigenvalue weighted by atomic mass is 35.5. The molecular weight excluding hydrogens is 188 g/mol. The van der Waals surface area contributed by atoms with Gasteiger partial charge in [-0.2, -0.15) is 5.10 Å². The maximum Gasteiger partial charge on any atom is 0.124 e. The van der Waals surface area contributed by atoms with Crippen molar-refractivity contribution in [1.29, 1.82) is 0 Å². The Labute approximate surface area is 79.7 Å². The number of benzene rings is 1. The summed E-state index contributed by atoms with van der Waals surface area (Å²) in [4.78, 5) is 10.3. The van der Waals surface area contributed by atoms with Crippen molar-refractivity contribution in [3.8, 4) is 0 Å². The summed E-state index contributed by atoms with van der Waals surface area (Å²) in [6, 6.07) is 3.68. The smallest absolute Gasteiger partial charge is 0.124 e. The van der Waals surface area contributed by atoms with E-state index in [1.165, 1.54) is 0 Å². The fraction of sp³-hybridized carbons (Fsp3) is 0.111. The van der Waals surface area contributed by atoms with Gasteiger partial charge in [-0.3, -0.25) is 5.10 Å². The van der Waals surface area contributed by atoms with Gasteiger partial charge in [0.05, 0.1) is 16.7 Å². The van der Waals surface area contributed by atoms with Crippen LogP contribution in [0.4, 0.5) is 0 Å². The van der Waals surface area contributed by atoms with E-state index in [-0.39, 0.29) is 0 Å². The number of aromatic amines is 1. The van der Waals surface area contributed by atoms with Crippen molar-refractivity contribution >= 4 is 28.8 Å². The summed E-state index contributed by atoms with van der Waals surface area (Å²) >= 11 is 5.95. The molecule has 0 fully saturated rings. The van der Waals surface area contributed by atoms with E-state index in [4.69, 9.17) is 11.6 Å². The molecule has 1 aromatic carbocycles. The van der Waals surface area contributed by atoms with Gasteiger partial charge in [0.25, 0.3) is 0 Å². The highest BCUT2D eigenvalue weighted by Crippen LogP contribution is 2.22. The summed E-state index contributed by atoms with van der Waals surface area (Å²) in [5.41, 5.74) is 1.73. The number of halogens is 1. The van der Waals surface area contributed by atoms with Crippen molar-refractivity contribution in [2.45, 2.75) is 6.42 Å². The van der Waals surface area contributed by atoms with E-state index in [9.17, 15) is 4.79 Å². The number of nitrogens with one attached hydrogen (secondary N) is 1. The minimum absolute atomic E-state index is 0.390. The monoisotopic (exact) mass is 194 g/mol. The number of fused-ring (bicyclic) bond motifs is 1. The second kappa shape index (κ2) is 3.18. The molecule has 0 atom stereocenters. The second-order valence-corrected chi connectivity index (χ2v) is 3.19. The van der Waals surface area contributed by atoms with Gasteiger partial charge in [-0.15, -0.1) is 0 Å². The van der Waals surface area contributed by atoms with Crippen LogP contribution in [0.15, 0.2) is 18.3 Å². The van der Waals surface area contributed by atoms with Crippen LogP contribution in [0.3, 0.4) is 0 Å². The molecule has 1 aromatic heterocycles. The van der Waals surface area contributed by atoms with E-state index in [0.717, 1.165) is 22.8 Å². The molecule has 0 amide bonds. The molecule has 1 N–H and O–H groups in total. The zero-order valence-electron chi connectivity index (χ0n) is 6.75. The first-order valence-electron chi connectivity index (χ1n) is 3.86. The molecule has 2 aromatic rings. The summed E-state index contributed by atoms with van der Waals surface area (Å²) in [6.45, 7) is 0. The van der Waals surface area contributed by atoms with E-state index in [2.05, 4.69) is 10.2 Å². The number of hydrogen-bond acceptors (Lipinski definition) is 2. The van der Waals surface area contributed by atoms with Crippen LogP contribution in [-0.4, -0.2) is 16.5 Å². The number of carbonyl (C=O) groups is 1. The second-order valence-electron chi connectivity index (χ2n) is 2.78. The molecule has 2 rings (SSSR count). The van der Waals surface area contributed by atoms with E-state index < -0.39 is 0 Å². The van der Waals surface area contributed by atoms with Crippen LogP contribution in [0.25, 0.3) is 10.9 Å². The topological polar surface area (TPSA) is 45.8 Å². The molecule has 4 heteroatoms. The van der Waals surface area contributed by atoms with Gasteiger partial charge in [-0.25, -0.2) is 0 Å². The maximum atomic E-state index is 10.3. The number of nitrogens with zero attached hydrogens (tertiary/aromatic N) is 1. The number of aldehydes is 1. The van der Waals surface area contributed by atoms with Crippen LogP contribution in [0, 0.1) is 0 Å². The summed E-state index contributed by atoms with van der Waals surface area (Å²) in [6.07, 6.45) is 2.94. The molecule has 0 aliphatic carbocycles. The van der Waals surface area contributed by atoms with E-state index in [1.807, 2.05) is 6.07 Å². The molecule has 0 radical (unpaired) electrons. The minimum atomic E-state index is 0.390. The Bertz CT molecular complexity index is 450. The maximum absolute atomic E-state index is 10.3. The summed E-state index contributed by atoms with van der Waals surface area (Å²) in [5, 5.41) is 8.19. The summed E-state index contributed by atoms with van der Waals surface area (Å²) < 4.78 is 0. The molecule has 0 saturated carbocycles. The average molecular weight is 195 g/mol. The van der Waals surface area contributed by atoms with Crippen molar-refractivity contribution in [1.82, 2.24) is 10.2 Å². The number of aromatic nitrogens is 2. The van der Waals surface area contributed by atoms with Crippen molar-refractivity contribution in [2.24, 2.45) is 0 Å². The molecule has 0 saturated heterocycles. The molecule has 0 bridgehead atoms. The van der Waals surface area contributed by atoms with E-state index in [1.54, 1.807) is 12.3 Å². The van der Waals surface area contributed by atoms with Crippen molar-refractivity contribution in [2.75, 3.05) is 0 Å². The van der Waals surface area contributed by atoms with Crippen LogP contribution < -0.4 is 0 Å². The Morgan fingerprint density at radius 2 is 2.38 bits per heavy atom. The average Bonchev–Trinajstić information content (AvgIpc) is 2.53. The minimum Gasteiger partial charge on any atom is -0.303 e. The third-order valence-corrected chi connectivity index (χ3v) is 2.18. The van der Waals surface area contributed by atoms with Crippen LogP contribution in [0.1, 0.15) is 5.56 Å². The quantitative estimate of drug-likeness (QED) is 0.743. The standard InChI is InChI=1S/C9H7ClN2O/c10-8-4-6(1-2-13)3-7-5-11-12-9(7)8/h2-5H,1H2,(H,11,12). The van der Waals surface area contributed by atoms with Crippen LogP contribution >= 0.6 is 11.6 Å². The van der Waals surface area contributed by atoms with Crippen LogP contribution in [0.5, 0.6) is 0 Å². The number of H-pyrrole nitrogens is 1. The van der Waals surface area contributed by atoms with Gasteiger partial charge in [0.15, 0.2) is 0 Å². The lowest BCUT2D eigenvalue weighted by molar-refractivity contribution is -0.107. The highest BCUT2D eigenvalue weighted by Gasteiger charge is 2.03. The molecule has 0 unspecified atom stereocenters. The van der Waals surface area contributed by atoms with Gasteiger partial charge in [0.2, 0.25) is 0 Å². The van der Waals surface area contributed by atoms with Crippen molar-refractivity contribution < 1.29 is 4.79 Å². The highest BCUT2D eigenvalue weighted by molar-refractivity contribution is 6.35. The Balaban J connectivity index is 2.62. The largest absolute Gasteiger partial charge is 0.303 e. The number of hydrogen-bond donors (Lipinski definition) is 1. The number of rotatable bonds is 2. The first kappa shape index (κ1) is 8.26. The molecule has 0 spiro atoms. The van der Waals surface area contributed by atoms with Crippen molar-refractivity contribution in [3.05, 3.63) is 28.9 Å². The molecule has 13 heavy (non-hydrogen) atoms. The Kier molecular flexibility index (Phi) is 2.02. The first-order valence-corrected chi connectivity index (χ1v) is 4.24. The van der Waals surface area contributed by atoms with Gasteiger partial charge >= 0.3 is 0 Å². The summed E-state index contributed by atoms with van der Waals surface area (Å²) in [7, 11) is 0. The van der Waals surface area contributed by atoms with E-state index in [0.29, 0.717) is 11.4 Å². The Morgan fingerprint density at radius 1 is 1.54 bits per heavy atom. The first-order chi connectivity index (χ1) is 6.31. The zero-order chi connectivity index (χ0) is 9.26. The van der Waals surface area contributed by atoms with Gasteiger partial charge < -0.3 is 4.79 Å². The third kappa shape index (κ3) is 1.42. The fourth-order valence-electron chi connectivity index (χ4n) is 1.29. The molecule has 3 nitrogen and oxygen atoms in total. The predicted molar refractivity (Wildman–Crippen MR) is 50.9 cm³/mol. The molecule has 66 valence electrons. The van der Waals surface area contributed by atoms with Gasteiger partial charge in [0.1, 0.15) is 6.29 Å². The normalized spacial score (nSPS) is 10.5. The Morgan fingerprint density at radius 3 is 3.15 bits per heavy atom. The van der Waals surface area contributed by atoms with Gasteiger partial charge in [-0.05, 0) is 17.7 Å².